The summed E-state index contributed by atoms with van der Waals surface area (Å²) >= 11 is 0. The fourth-order valence-corrected chi connectivity index (χ4v) is 3.23. The van der Waals surface area contributed by atoms with Crippen LogP contribution < -0.4 is 15.4 Å². The lowest BCUT2D eigenvalue weighted by Gasteiger charge is -2.34. The van der Waals surface area contributed by atoms with Crippen molar-refractivity contribution in [2.24, 2.45) is 11.8 Å². The Hall–Kier alpha value is -2.57. The SMILES string of the molecule is COc1ccc(C(=O)NCC(=O)OCC(=O)N[C@H]2CCC[C@@H](C)[C@H]2C)cc1. The number of carbonyl (C=O) groups excluding carboxylic acids is 3. The van der Waals surface area contributed by atoms with Crippen LogP contribution in [-0.2, 0) is 14.3 Å². The van der Waals surface area contributed by atoms with Crippen LogP contribution in [-0.4, -0.2) is 44.1 Å². The Labute approximate surface area is 159 Å². The highest BCUT2D eigenvalue weighted by Gasteiger charge is 2.28. The molecule has 0 heterocycles. The summed E-state index contributed by atoms with van der Waals surface area (Å²) in [5, 5.41) is 5.41. The molecule has 1 aliphatic rings. The van der Waals surface area contributed by atoms with E-state index in [0.29, 0.717) is 23.1 Å². The zero-order chi connectivity index (χ0) is 19.8. The van der Waals surface area contributed by atoms with E-state index in [4.69, 9.17) is 9.47 Å². The second-order valence-electron chi connectivity index (χ2n) is 7.01. The van der Waals surface area contributed by atoms with Crippen molar-refractivity contribution in [2.45, 2.75) is 39.2 Å². The number of methoxy groups -OCH3 is 1. The highest BCUT2D eigenvalue weighted by molar-refractivity contribution is 5.96. The third kappa shape index (κ3) is 6.27. The third-order valence-corrected chi connectivity index (χ3v) is 5.16. The van der Waals surface area contributed by atoms with Gasteiger partial charge >= 0.3 is 5.97 Å². The second-order valence-corrected chi connectivity index (χ2v) is 7.01. The molecule has 0 bridgehead atoms. The number of carbonyl (C=O) groups is 3. The van der Waals surface area contributed by atoms with Crippen molar-refractivity contribution in [2.75, 3.05) is 20.3 Å². The van der Waals surface area contributed by atoms with E-state index in [-0.39, 0.29) is 25.1 Å². The smallest absolute Gasteiger partial charge is 0.325 e. The Bertz CT molecular complexity index is 659. The largest absolute Gasteiger partial charge is 0.497 e. The number of esters is 1. The molecule has 0 spiro atoms. The maximum atomic E-state index is 12.0. The Balaban J connectivity index is 1.69. The first-order valence-electron chi connectivity index (χ1n) is 9.28. The minimum absolute atomic E-state index is 0.120. The highest BCUT2D eigenvalue weighted by atomic mass is 16.5. The Morgan fingerprint density at radius 1 is 1.11 bits per heavy atom. The van der Waals surface area contributed by atoms with E-state index < -0.39 is 11.9 Å². The number of hydrogen-bond donors (Lipinski definition) is 2. The normalized spacial score (nSPS) is 21.8. The fourth-order valence-electron chi connectivity index (χ4n) is 3.23. The lowest BCUT2D eigenvalue weighted by Crippen LogP contribution is -2.45. The topological polar surface area (TPSA) is 93.7 Å². The van der Waals surface area contributed by atoms with E-state index in [1.807, 2.05) is 0 Å². The number of hydrogen-bond acceptors (Lipinski definition) is 5. The average molecular weight is 376 g/mol. The number of nitrogens with one attached hydrogen (secondary N) is 2. The number of amides is 2. The molecule has 2 amide bonds. The first kappa shape index (κ1) is 20.7. The zero-order valence-electron chi connectivity index (χ0n) is 16.1. The molecule has 27 heavy (non-hydrogen) atoms. The molecule has 1 aromatic rings. The number of benzene rings is 1. The zero-order valence-corrected chi connectivity index (χ0v) is 16.1. The molecule has 7 nitrogen and oxygen atoms in total. The summed E-state index contributed by atoms with van der Waals surface area (Å²) in [7, 11) is 1.54. The quantitative estimate of drug-likeness (QED) is 0.709. The summed E-state index contributed by atoms with van der Waals surface area (Å²) in [6.45, 7) is 3.69. The first-order chi connectivity index (χ1) is 12.9. The van der Waals surface area contributed by atoms with E-state index in [2.05, 4.69) is 24.5 Å². The van der Waals surface area contributed by atoms with Crippen molar-refractivity contribution >= 4 is 17.8 Å². The van der Waals surface area contributed by atoms with Gasteiger partial charge in [0.05, 0.1) is 7.11 Å². The van der Waals surface area contributed by atoms with Gasteiger partial charge in [-0.05, 0) is 42.5 Å². The summed E-state index contributed by atoms with van der Waals surface area (Å²) < 4.78 is 9.97. The van der Waals surface area contributed by atoms with Gasteiger partial charge in [0.25, 0.3) is 11.8 Å². The Kier molecular flexibility index (Phi) is 7.64. The molecular formula is C20H28N2O5. The van der Waals surface area contributed by atoms with Crippen LogP contribution in [0.15, 0.2) is 24.3 Å². The molecule has 2 rings (SSSR count). The fraction of sp³-hybridized carbons (Fsp3) is 0.550. The molecule has 0 aromatic heterocycles. The summed E-state index contributed by atoms with van der Waals surface area (Å²) in [6.07, 6.45) is 3.22. The lowest BCUT2D eigenvalue weighted by molar-refractivity contribution is -0.147. The molecule has 148 valence electrons. The summed E-state index contributed by atoms with van der Waals surface area (Å²) in [5.41, 5.74) is 0.404. The predicted molar refractivity (Wildman–Crippen MR) is 100 cm³/mol. The van der Waals surface area contributed by atoms with Crippen molar-refractivity contribution in [3.63, 3.8) is 0 Å². The van der Waals surface area contributed by atoms with Crippen molar-refractivity contribution in [3.8, 4) is 5.75 Å². The molecule has 1 fully saturated rings. The van der Waals surface area contributed by atoms with Gasteiger partial charge in [0.1, 0.15) is 12.3 Å². The number of rotatable bonds is 7. The standard InChI is InChI=1S/C20H28N2O5/c1-13-5-4-6-17(14(13)2)22-18(23)12-27-19(24)11-21-20(25)15-7-9-16(26-3)10-8-15/h7-10,13-14,17H,4-6,11-12H2,1-3H3,(H,21,25)(H,22,23)/t13-,14-,17+/m1/s1. The second kappa shape index (κ2) is 9.94. The van der Waals surface area contributed by atoms with Crippen LogP contribution in [0.25, 0.3) is 0 Å². The van der Waals surface area contributed by atoms with E-state index >= 15 is 0 Å². The van der Waals surface area contributed by atoms with Crippen LogP contribution in [0.3, 0.4) is 0 Å². The van der Waals surface area contributed by atoms with Crippen LogP contribution >= 0.6 is 0 Å². The predicted octanol–water partition coefficient (Wildman–Crippen LogP) is 1.91. The van der Waals surface area contributed by atoms with Gasteiger partial charge in [-0.2, -0.15) is 0 Å². The van der Waals surface area contributed by atoms with E-state index in [1.165, 1.54) is 13.5 Å². The van der Waals surface area contributed by atoms with E-state index in [9.17, 15) is 14.4 Å². The molecule has 0 unspecified atom stereocenters. The maximum absolute atomic E-state index is 12.0. The van der Waals surface area contributed by atoms with Gasteiger partial charge in [0, 0.05) is 11.6 Å². The van der Waals surface area contributed by atoms with Crippen LogP contribution in [0, 0.1) is 11.8 Å². The molecule has 1 aromatic carbocycles. The monoisotopic (exact) mass is 376 g/mol. The van der Waals surface area contributed by atoms with Crippen LogP contribution in [0.2, 0.25) is 0 Å². The molecule has 2 N–H and O–H groups in total. The number of ether oxygens (including phenoxy) is 2. The van der Waals surface area contributed by atoms with Crippen molar-refractivity contribution in [3.05, 3.63) is 29.8 Å². The van der Waals surface area contributed by atoms with Gasteiger partial charge < -0.3 is 20.1 Å². The summed E-state index contributed by atoms with van der Waals surface area (Å²) in [4.78, 5) is 35.7. The van der Waals surface area contributed by atoms with E-state index in [0.717, 1.165) is 12.8 Å². The van der Waals surface area contributed by atoms with Crippen molar-refractivity contribution in [1.29, 1.82) is 0 Å². The van der Waals surface area contributed by atoms with E-state index in [1.54, 1.807) is 24.3 Å². The summed E-state index contributed by atoms with van der Waals surface area (Å²) in [5.74, 6) is 0.248. The van der Waals surface area contributed by atoms with Crippen molar-refractivity contribution < 1.29 is 23.9 Å². The van der Waals surface area contributed by atoms with Gasteiger partial charge in [-0.1, -0.05) is 26.7 Å². The molecule has 0 radical (unpaired) electrons. The van der Waals surface area contributed by atoms with Gasteiger partial charge in [0.2, 0.25) is 0 Å². The Morgan fingerprint density at radius 2 is 1.81 bits per heavy atom. The molecule has 1 aliphatic carbocycles. The molecule has 1 saturated carbocycles. The molecule has 7 heteroatoms. The van der Waals surface area contributed by atoms with Gasteiger partial charge in [-0.3, -0.25) is 14.4 Å². The van der Waals surface area contributed by atoms with Gasteiger partial charge in [-0.25, -0.2) is 0 Å². The van der Waals surface area contributed by atoms with Crippen LogP contribution in [0.5, 0.6) is 5.75 Å². The summed E-state index contributed by atoms with van der Waals surface area (Å²) in [6, 6.07) is 6.63. The molecule has 0 saturated heterocycles. The molecular weight excluding hydrogens is 348 g/mol. The maximum Gasteiger partial charge on any atom is 0.325 e. The average Bonchev–Trinajstić information content (AvgIpc) is 2.68. The van der Waals surface area contributed by atoms with Gasteiger partial charge in [-0.15, -0.1) is 0 Å². The van der Waals surface area contributed by atoms with Gasteiger partial charge in [0.15, 0.2) is 6.61 Å². The van der Waals surface area contributed by atoms with Crippen LogP contribution in [0.4, 0.5) is 0 Å². The third-order valence-electron chi connectivity index (χ3n) is 5.16. The molecule has 3 atom stereocenters. The molecule has 0 aliphatic heterocycles. The minimum atomic E-state index is -0.655. The first-order valence-corrected chi connectivity index (χ1v) is 9.28. The minimum Gasteiger partial charge on any atom is -0.497 e. The van der Waals surface area contributed by atoms with Crippen molar-refractivity contribution in [1.82, 2.24) is 10.6 Å². The Morgan fingerprint density at radius 3 is 2.48 bits per heavy atom. The highest BCUT2D eigenvalue weighted by Crippen LogP contribution is 2.29. The lowest BCUT2D eigenvalue weighted by atomic mass is 9.78. The van der Waals surface area contributed by atoms with Crippen LogP contribution in [0.1, 0.15) is 43.5 Å².